The summed E-state index contributed by atoms with van der Waals surface area (Å²) < 4.78 is 13.5. The van der Waals surface area contributed by atoms with Crippen molar-refractivity contribution in [1.82, 2.24) is 14.8 Å². The number of carbonyl (C=O) groups is 1. The number of aromatic nitrogens is 3. The molecule has 1 aliphatic heterocycles. The van der Waals surface area contributed by atoms with E-state index in [-0.39, 0.29) is 11.7 Å². The Morgan fingerprint density at radius 3 is 2.59 bits per heavy atom. The van der Waals surface area contributed by atoms with Gasteiger partial charge in [0.2, 0.25) is 11.9 Å². The second-order valence-corrected chi connectivity index (χ2v) is 9.61. The van der Waals surface area contributed by atoms with E-state index in [2.05, 4.69) is 38.8 Å². The van der Waals surface area contributed by atoms with Crippen LogP contribution >= 0.6 is 11.8 Å². The van der Waals surface area contributed by atoms with Crippen LogP contribution in [0.15, 0.2) is 53.7 Å². The van der Waals surface area contributed by atoms with Gasteiger partial charge in [0.15, 0.2) is 5.16 Å². The van der Waals surface area contributed by atoms with Gasteiger partial charge in [0, 0.05) is 25.3 Å². The van der Waals surface area contributed by atoms with E-state index in [9.17, 15) is 4.79 Å². The number of anilines is 2. The quantitative estimate of drug-likeness (QED) is 0.447. The highest BCUT2D eigenvalue weighted by atomic mass is 32.2. The van der Waals surface area contributed by atoms with E-state index >= 15 is 0 Å². The second-order valence-electron chi connectivity index (χ2n) is 8.67. The third-order valence-electron chi connectivity index (χ3n) is 5.23. The Kier molecular flexibility index (Phi) is 8.08. The molecule has 3 aromatic rings. The molecule has 1 saturated heterocycles. The maximum atomic E-state index is 12.6. The van der Waals surface area contributed by atoms with E-state index in [1.54, 1.807) is 0 Å². The number of hydrogen-bond acceptors (Lipinski definition) is 7. The lowest BCUT2D eigenvalue weighted by molar-refractivity contribution is -0.113. The summed E-state index contributed by atoms with van der Waals surface area (Å²) in [7, 11) is 0. The number of carbonyl (C=O) groups excluding carboxylic acids is 1. The predicted octanol–water partition coefficient (Wildman–Crippen LogP) is 4.60. The molecule has 8 nitrogen and oxygen atoms in total. The van der Waals surface area contributed by atoms with Crippen molar-refractivity contribution >= 4 is 29.3 Å². The SMILES string of the molecule is Cc1cccc(Oc2ccc(NC(=O)CSc3nnc(N4CCOCC4)n3CC(C)C)cc2)c1. The summed E-state index contributed by atoms with van der Waals surface area (Å²) >= 11 is 1.40. The van der Waals surface area contributed by atoms with Crippen LogP contribution in [0.4, 0.5) is 11.6 Å². The molecule has 4 rings (SSSR count). The van der Waals surface area contributed by atoms with Gasteiger partial charge in [-0.15, -0.1) is 10.2 Å². The topological polar surface area (TPSA) is 81.5 Å². The fourth-order valence-electron chi connectivity index (χ4n) is 3.66. The molecular formula is C25H31N5O3S. The number of ether oxygens (including phenoxy) is 2. The second kappa shape index (κ2) is 11.4. The molecule has 34 heavy (non-hydrogen) atoms. The van der Waals surface area contributed by atoms with Crippen molar-refractivity contribution in [2.45, 2.75) is 32.5 Å². The molecule has 1 aliphatic rings. The van der Waals surface area contributed by atoms with E-state index in [1.807, 2.05) is 55.5 Å². The molecule has 1 aromatic heterocycles. The van der Waals surface area contributed by atoms with Gasteiger partial charge in [-0.3, -0.25) is 9.36 Å². The molecule has 1 amide bonds. The summed E-state index contributed by atoms with van der Waals surface area (Å²) in [5, 5.41) is 12.5. The van der Waals surface area contributed by atoms with Gasteiger partial charge in [0.25, 0.3) is 0 Å². The maximum absolute atomic E-state index is 12.6. The smallest absolute Gasteiger partial charge is 0.234 e. The number of nitrogens with one attached hydrogen (secondary N) is 1. The van der Waals surface area contributed by atoms with Crippen molar-refractivity contribution in [2.24, 2.45) is 5.92 Å². The zero-order chi connectivity index (χ0) is 23.9. The third-order valence-corrected chi connectivity index (χ3v) is 6.20. The standard InChI is InChI=1S/C25H31N5O3S/c1-18(2)16-30-24(29-11-13-32-14-12-29)27-28-25(30)34-17-23(31)26-20-7-9-21(10-8-20)33-22-6-4-5-19(3)15-22/h4-10,15,18H,11-14,16-17H2,1-3H3,(H,26,31). The van der Waals surface area contributed by atoms with Crippen LogP contribution in [0, 0.1) is 12.8 Å². The lowest BCUT2D eigenvalue weighted by Gasteiger charge is -2.28. The summed E-state index contributed by atoms with van der Waals surface area (Å²) in [5.74, 6) is 2.95. The Bertz CT molecular complexity index is 1090. The molecule has 0 radical (unpaired) electrons. The largest absolute Gasteiger partial charge is 0.457 e. The number of rotatable bonds is 9. The van der Waals surface area contributed by atoms with Gasteiger partial charge in [-0.05, 0) is 54.8 Å². The van der Waals surface area contributed by atoms with Gasteiger partial charge in [0.1, 0.15) is 11.5 Å². The number of aryl methyl sites for hydroxylation is 1. The van der Waals surface area contributed by atoms with Crippen molar-refractivity contribution in [2.75, 3.05) is 42.3 Å². The van der Waals surface area contributed by atoms with Crippen LogP contribution in [0.2, 0.25) is 0 Å². The normalized spacial score (nSPS) is 13.8. The van der Waals surface area contributed by atoms with Crippen LogP contribution < -0.4 is 15.0 Å². The van der Waals surface area contributed by atoms with Crippen LogP contribution in [-0.4, -0.2) is 52.7 Å². The number of benzene rings is 2. The Hall–Kier alpha value is -3.04. The minimum atomic E-state index is -0.0932. The van der Waals surface area contributed by atoms with E-state index in [4.69, 9.17) is 9.47 Å². The van der Waals surface area contributed by atoms with Gasteiger partial charge in [-0.25, -0.2) is 0 Å². The van der Waals surface area contributed by atoms with Gasteiger partial charge in [0.05, 0.1) is 19.0 Å². The first-order chi connectivity index (χ1) is 16.5. The summed E-state index contributed by atoms with van der Waals surface area (Å²) in [6, 6.07) is 15.3. The fraction of sp³-hybridized carbons (Fsp3) is 0.400. The molecule has 0 aliphatic carbocycles. The van der Waals surface area contributed by atoms with Crippen LogP contribution in [0.5, 0.6) is 11.5 Å². The average molecular weight is 482 g/mol. The predicted molar refractivity (Wildman–Crippen MR) is 135 cm³/mol. The number of thioether (sulfide) groups is 1. The van der Waals surface area contributed by atoms with Gasteiger partial charge >= 0.3 is 0 Å². The van der Waals surface area contributed by atoms with Crippen LogP contribution in [0.3, 0.4) is 0 Å². The highest BCUT2D eigenvalue weighted by Crippen LogP contribution is 2.26. The lowest BCUT2D eigenvalue weighted by Crippen LogP contribution is -2.38. The molecule has 0 bridgehead atoms. The fourth-order valence-corrected chi connectivity index (χ4v) is 4.40. The summed E-state index contributed by atoms with van der Waals surface area (Å²) in [5.41, 5.74) is 1.86. The Morgan fingerprint density at radius 2 is 1.88 bits per heavy atom. The number of hydrogen-bond donors (Lipinski definition) is 1. The summed E-state index contributed by atoms with van der Waals surface area (Å²) in [6.07, 6.45) is 0. The molecule has 1 N–H and O–H groups in total. The third kappa shape index (κ3) is 6.51. The molecule has 0 atom stereocenters. The van der Waals surface area contributed by atoms with Crippen molar-refractivity contribution in [3.8, 4) is 11.5 Å². The van der Waals surface area contributed by atoms with Gasteiger partial charge in [-0.1, -0.05) is 37.7 Å². The number of morpholine rings is 1. The van der Waals surface area contributed by atoms with Gasteiger partial charge in [-0.2, -0.15) is 0 Å². The average Bonchev–Trinajstić information content (AvgIpc) is 3.21. The molecule has 2 aromatic carbocycles. The highest BCUT2D eigenvalue weighted by molar-refractivity contribution is 7.99. The first-order valence-electron chi connectivity index (χ1n) is 11.5. The first-order valence-corrected chi connectivity index (χ1v) is 12.5. The molecule has 2 heterocycles. The Morgan fingerprint density at radius 1 is 1.12 bits per heavy atom. The first kappa shape index (κ1) is 24.1. The summed E-state index contributed by atoms with van der Waals surface area (Å²) in [6.45, 7) is 10.1. The number of amides is 1. The Balaban J connectivity index is 1.34. The van der Waals surface area contributed by atoms with Crippen molar-refractivity contribution in [1.29, 1.82) is 0 Å². The monoisotopic (exact) mass is 481 g/mol. The minimum Gasteiger partial charge on any atom is -0.457 e. The van der Waals surface area contributed by atoms with Crippen LogP contribution in [0.1, 0.15) is 19.4 Å². The molecule has 180 valence electrons. The highest BCUT2D eigenvalue weighted by Gasteiger charge is 2.21. The Labute approximate surface area is 204 Å². The maximum Gasteiger partial charge on any atom is 0.234 e. The molecular weight excluding hydrogens is 450 g/mol. The molecule has 9 heteroatoms. The van der Waals surface area contributed by atoms with Crippen molar-refractivity contribution < 1.29 is 14.3 Å². The molecule has 0 saturated carbocycles. The molecule has 0 unspecified atom stereocenters. The molecule has 0 spiro atoms. The molecule has 1 fully saturated rings. The van der Waals surface area contributed by atoms with E-state index in [1.165, 1.54) is 11.8 Å². The van der Waals surface area contributed by atoms with E-state index in [0.717, 1.165) is 53.5 Å². The zero-order valence-corrected chi connectivity index (χ0v) is 20.7. The lowest BCUT2D eigenvalue weighted by atomic mass is 10.2. The van der Waals surface area contributed by atoms with E-state index < -0.39 is 0 Å². The van der Waals surface area contributed by atoms with Gasteiger partial charge < -0.3 is 19.7 Å². The number of nitrogens with zero attached hydrogens (tertiary/aromatic N) is 4. The zero-order valence-electron chi connectivity index (χ0n) is 19.9. The van der Waals surface area contributed by atoms with Crippen molar-refractivity contribution in [3.63, 3.8) is 0 Å². The van der Waals surface area contributed by atoms with Crippen molar-refractivity contribution in [3.05, 3.63) is 54.1 Å². The van der Waals surface area contributed by atoms with Crippen LogP contribution in [-0.2, 0) is 16.1 Å². The van der Waals surface area contributed by atoms with Crippen LogP contribution in [0.25, 0.3) is 0 Å². The van der Waals surface area contributed by atoms with E-state index in [0.29, 0.717) is 19.1 Å². The summed E-state index contributed by atoms with van der Waals surface area (Å²) in [4.78, 5) is 14.8. The minimum absolute atomic E-state index is 0.0932.